The highest BCUT2D eigenvalue weighted by atomic mass is 19.2. The first-order chi connectivity index (χ1) is 4.70. The minimum atomic E-state index is -1.39. The molecule has 1 aromatic carbocycles. The van der Waals surface area contributed by atoms with E-state index in [1.54, 1.807) is 0 Å². The summed E-state index contributed by atoms with van der Waals surface area (Å²) in [6.45, 7) is 0. The Balaban J connectivity index is 2.67. The van der Waals surface area contributed by atoms with Gasteiger partial charge in [0, 0.05) is 5.56 Å². The summed E-state index contributed by atoms with van der Waals surface area (Å²) >= 11 is 0. The molecule has 0 aromatic heterocycles. The molecule has 3 rings (SSSR count). The highest BCUT2D eigenvalue weighted by Gasteiger charge is 2.30. The lowest BCUT2D eigenvalue weighted by Gasteiger charge is -2.20. The lowest BCUT2D eigenvalue weighted by Crippen LogP contribution is -2.11. The Hall–Kier alpha value is -0.990. The van der Waals surface area contributed by atoms with Crippen molar-refractivity contribution in [2.24, 2.45) is 0 Å². The van der Waals surface area contributed by atoms with Crippen LogP contribution in [0.4, 0.5) is 13.2 Å². The molecule has 0 aliphatic heterocycles. The Morgan fingerprint density at radius 3 is 2.30 bits per heavy atom. The van der Waals surface area contributed by atoms with Crippen molar-refractivity contribution in [3.63, 3.8) is 0 Å². The maximum absolute atomic E-state index is 12.5. The average molecular weight is 144 g/mol. The van der Waals surface area contributed by atoms with Gasteiger partial charge in [0.15, 0.2) is 17.8 Å². The number of hydrogen-bond acceptors (Lipinski definition) is 0. The SMILES string of the molecule is Fc1cc2cc(c1F)C2F. The largest absolute Gasteiger partial charge is 0.237 e. The predicted molar refractivity (Wildman–Crippen MR) is 29.3 cm³/mol. The van der Waals surface area contributed by atoms with E-state index in [1.165, 1.54) is 6.07 Å². The van der Waals surface area contributed by atoms with Gasteiger partial charge in [0.2, 0.25) is 0 Å². The lowest BCUT2D eigenvalue weighted by atomic mass is 9.90. The van der Waals surface area contributed by atoms with Crippen molar-refractivity contribution in [1.82, 2.24) is 0 Å². The van der Waals surface area contributed by atoms with E-state index in [2.05, 4.69) is 0 Å². The van der Waals surface area contributed by atoms with E-state index in [0.29, 0.717) is 0 Å². The van der Waals surface area contributed by atoms with Crippen LogP contribution in [0.25, 0.3) is 0 Å². The summed E-state index contributed by atoms with van der Waals surface area (Å²) in [5.74, 6) is -2.01. The number of hydrogen-bond donors (Lipinski definition) is 0. The number of fused-ring (bicyclic) bond motifs is 2. The van der Waals surface area contributed by atoms with Crippen LogP contribution in [0.1, 0.15) is 17.3 Å². The number of halogens is 3. The molecule has 52 valence electrons. The molecule has 2 bridgehead atoms. The Morgan fingerprint density at radius 2 is 1.90 bits per heavy atom. The van der Waals surface area contributed by atoms with E-state index in [0.717, 1.165) is 6.07 Å². The molecular formula is C7H3F3. The van der Waals surface area contributed by atoms with Gasteiger partial charge in [-0.2, -0.15) is 0 Å². The molecule has 0 heterocycles. The molecule has 3 heteroatoms. The zero-order valence-corrected chi connectivity index (χ0v) is 4.87. The molecule has 2 aliphatic rings. The van der Waals surface area contributed by atoms with Crippen LogP contribution in [0.3, 0.4) is 0 Å². The van der Waals surface area contributed by atoms with E-state index >= 15 is 0 Å². The van der Waals surface area contributed by atoms with E-state index in [4.69, 9.17) is 0 Å². The van der Waals surface area contributed by atoms with Gasteiger partial charge in [-0.15, -0.1) is 0 Å². The van der Waals surface area contributed by atoms with E-state index in [-0.39, 0.29) is 11.1 Å². The minimum absolute atomic E-state index is 0.157. The Morgan fingerprint density at radius 1 is 1.20 bits per heavy atom. The van der Waals surface area contributed by atoms with Crippen molar-refractivity contribution >= 4 is 0 Å². The maximum Gasteiger partial charge on any atom is 0.165 e. The van der Waals surface area contributed by atoms with Crippen molar-refractivity contribution < 1.29 is 13.2 Å². The molecule has 1 atom stereocenters. The highest BCUT2D eigenvalue weighted by molar-refractivity contribution is 5.43. The molecule has 2 aliphatic carbocycles. The molecule has 0 N–H and O–H groups in total. The third-order valence-corrected chi connectivity index (χ3v) is 1.64. The fourth-order valence-corrected chi connectivity index (χ4v) is 1.05. The monoisotopic (exact) mass is 144 g/mol. The average Bonchev–Trinajstić information content (AvgIpc) is 1.92. The minimum Gasteiger partial charge on any atom is -0.237 e. The molecule has 0 saturated carbocycles. The van der Waals surface area contributed by atoms with E-state index in [9.17, 15) is 13.2 Å². The van der Waals surface area contributed by atoms with Gasteiger partial charge in [-0.25, -0.2) is 13.2 Å². The van der Waals surface area contributed by atoms with Crippen molar-refractivity contribution in [2.75, 3.05) is 0 Å². The van der Waals surface area contributed by atoms with Gasteiger partial charge >= 0.3 is 0 Å². The van der Waals surface area contributed by atoms with Gasteiger partial charge in [-0.3, -0.25) is 0 Å². The van der Waals surface area contributed by atoms with Crippen LogP contribution in [0.5, 0.6) is 0 Å². The smallest absolute Gasteiger partial charge is 0.165 e. The fraction of sp³-hybridized carbons (Fsp3) is 0.143. The second-order valence-electron chi connectivity index (χ2n) is 2.27. The molecule has 0 radical (unpaired) electrons. The van der Waals surface area contributed by atoms with Crippen LogP contribution in [-0.2, 0) is 0 Å². The van der Waals surface area contributed by atoms with Crippen LogP contribution in [0.2, 0.25) is 0 Å². The predicted octanol–water partition coefficient (Wildman–Crippen LogP) is 2.34. The number of alkyl halides is 1. The van der Waals surface area contributed by atoms with Crippen LogP contribution in [0.15, 0.2) is 12.1 Å². The third kappa shape index (κ3) is 0.478. The van der Waals surface area contributed by atoms with E-state index in [1.807, 2.05) is 0 Å². The van der Waals surface area contributed by atoms with Gasteiger partial charge in [0.1, 0.15) is 0 Å². The first-order valence-corrected chi connectivity index (χ1v) is 2.83. The summed E-state index contributed by atoms with van der Waals surface area (Å²) in [5.41, 5.74) is 0.0731. The van der Waals surface area contributed by atoms with Crippen LogP contribution in [-0.4, -0.2) is 0 Å². The van der Waals surface area contributed by atoms with Crippen LogP contribution < -0.4 is 0 Å². The molecule has 1 unspecified atom stereocenters. The summed E-state index contributed by atoms with van der Waals surface area (Å²) in [7, 11) is 0. The third-order valence-electron chi connectivity index (χ3n) is 1.64. The van der Waals surface area contributed by atoms with Gasteiger partial charge in [0.25, 0.3) is 0 Å². The fourth-order valence-electron chi connectivity index (χ4n) is 1.05. The quantitative estimate of drug-likeness (QED) is 0.524. The second-order valence-corrected chi connectivity index (χ2v) is 2.27. The molecule has 0 spiro atoms. The summed E-state index contributed by atoms with van der Waals surface area (Å²) in [5, 5.41) is 0. The second kappa shape index (κ2) is 1.54. The molecule has 0 amide bonds. The summed E-state index contributed by atoms with van der Waals surface area (Å²) in [4.78, 5) is 0. The highest BCUT2D eigenvalue weighted by Crippen LogP contribution is 2.39. The first-order valence-electron chi connectivity index (χ1n) is 2.83. The summed E-state index contributed by atoms with van der Waals surface area (Å²) in [6, 6.07) is 2.19. The number of rotatable bonds is 0. The standard InChI is InChI=1S/C7H3F3/c8-5-2-3-1-4(6(3)9)7(5)10/h1-2,6H. The van der Waals surface area contributed by atoms with Crippen LogP contribution in [0, 0.1) is 11.6 Å². The molecule has 0 nitrogen and oxygen atoms in total. The Bertz CT molecular complexity index is 293. The zero-order valence-electron chi connectivity index (χ0n) is 4.87. The summed E-state index contributed by atoms with van der Waals surface area (Å²) < 4.78 is 37.1. The van der Waals surface area contributed by atoms with Gasteiger partial charge in [0.05, 0.1) is 0 Å². The van der Waals surface area contributed by atoms with Gasteiger partial charge in [-0.05, 0) is 17.7 Å². The molecule has 0 saturated heterocycles. The van der Waals surface area contributed by atoms with Crippen molar-refractivity contribution in [3.05, 3.63) is 34.9 Å². The molecule has 0 fully saturated rings. The molecule has 1 aromatic rings. The van der Waals surface area contributed by atoms with E-state index < -0.39 is 17.8 Å². The maximum atomic E-state index is 12.5. The van der Waals surface area contributed by atoms with Gasteiger partial charge < -0.3 is 0 Å². The number of benzene rings is 1. The van der Waals surface area contributed by atoms with Crippen molar-refractivity contribution in [3.8, 4) is 0 Å². The lowest BCUT2D eigenvalue weighted by molar-refractivity contribution is 0.348. The first kappa shape index (κ1) is 5.77. The van der Waals surface area contributed by atoms with Gasteiger partial charge in [-0.1, -0.05) is 0 Å². The molecular weight excluding hydrogens is 141 g/mol. The normalized spacial score (nSPS) is 20.5. The summed E-state index contributed by atoms with van der Waals surface area (Å²) in [6.07, 6.45) is -1.39. The molecule has 10 heavy (non-hydrogen) atoms. The Labute approximate surface area is 55.3 Å². The van der Waals surface area contributed by atoms with Crippen LogP contribution >= 0.6 is 0 Å². The van der Waals surface area contributed by atoms with Crippen molar-refractivity contribution in [1.29, 1.82) is 0 Å². The topological polar surface area (TPSA) is 0 Å². The van der Waals surface area contributed by atoms with Crippen molar-refractivity contribution in [2.45, 2.75) is 6.17 Å². The Kier molecular flexibility index (Phi) is 0.886. The zero-order chi connectivity index (χ0) is 7.30.